The number of fused-ring (bicyclic) bond motifs is 1. The predicted molar refractivity (Wildman–Crippen MR) is 77.9 cm³/mol. The number of para-hydroxylation sites is 1. The van der Waals surface area contributed by atoms with Gasteiger partial charge in [0.1, 0.15) is 11.3 Å². The highest BCUT2D eigenvalue weighted by atomic mass is 16.3. The second-order valence-corrected chi connectivity index (χ2v) is 5.75. The van der Waals surface area contributed by atoms with E-state index in [2.05, 4.69) is 30.0 Å². The molecule has 0 aliphatic carbocycles. The SMILES string of the molecule is CC(N)C1CCCN(Cc2cc3ccccc3o2)C1. The average molecular weight is 258 g/mol. The number of nitrogens with two attached hydrogens (primary N) is 1. The molecule has 1 aromatic carbocycles. The van der Waals surface area contributed by atoms with Crippen molar-refractivity contribution >= 4 is 11.0 Å². The third kappa shape index (κ3) is 2.82. The first-order valence-corrected chi connectivity index (χ1v) is 7.18. The van der Waals surface area contributed by atoms with Crippen LogP contribution in [0.4, 0.5) is 0 Å². The highest BCUT2D eigenvalue weighted by molar-refractivity contribution is 5.77. The lowest BCUT2D eigenvalue weighted by Crippen LogP contribution is -2.41. The van der Waals surface area contributed by atoms with Crippen LogP contribution in [0.2, 0.25) is 0 Å². The molecule has 1 aliphatic heterocycles. The van der Waals surface area contributed by atoms with Gasteiger partial charge >= 0.3 is 0 Å². The molecule has 3 nitrogen and oxygen atoms in total. The normalized spacial score (nSPS) is 22.7. The Morgan fingerprint density at radius 3 is 3.05 bits per heavy atom. The minimum absolute atomic E-state index is 0.290. The predicted octanol–water partition coefficient (Wildman–Crippen LogP) is 2.99. The first kappa shape index (κ1) is 12.7. The van der Waals surface area contributed by atoms with E-state index in [4.69, 9.17) is 10.2 Å². The molecule has 2 atom stereocenters. The molecule has 2 heterocycles. The number of likely N-dealkylation sites (tertiary alicyclic amines) is 1. The molecule has 1 aromatic heterocycles. The van der Waals surface area contributed by atoms with Crippen LogP contribution >= 0.6 is 0 Å². The van der Waals surface area contributed by atoms with Crippen LogP contribution in [0.5, 0.6) is 0 Å². The highest BCUT2D eigenvalue weighted by Crippen LogP contribution is 2.23. The maximum Gasteiger partial charge on any atom is 0.134 e. The van der Waals surface area contributed by atoms with Crippen LogP contribution < -0.4 is 5.73 Å². The van der Waals surface area contributed by atoms with Crippen molar-refractivity contribution in [1.82, 2.24) is 4.90 Å². The minimum Gasteiger partial charge on any atom is -0.460 e. The van der Waals surface area contributed by atoms with E-state index < -0.39 is 0 Å². The lowest BCUT2D eigenvalue weighted by molar-refractivity contribution is 0.146. The van der Waals surface area contributed by atoms with Gasteiger partial charge in [0.15, 0.2) is 0 Å². The molecular weight excluding hydrogens is 236 g/mol. The standard InChI is InChI=1S/C16H22N2O/c1-12(17)14-6-4-8-18(10-14)11-15-9-13-5-2-3-7-16(13)19-15/h2-3,5,7,9,12,14H,4,6,8,10-11,17H2,1H3. The molecule has 1 aliphatic rings. The van der Waals surface area contributed by atoms with E-state index in [1.807, 2.05) is 12.1 Å². The molecule has 19 heavy (non-hydrogen) atoms. The third-order valence-corrected chi connectivity index (χ3v) is 4.14. The van der Waals surface area contributed by atoms with E-state index in [1.165, 1.54) is 18.2 Å². The summed E-state index contributed by atoms with van der Waals surface area (Å²) in [7, 11) is 0. The molecule has 3 rings (SSSR count). The minimum atomic E-state index is 0.290. The molecule has 2 unspecified atom stereocenters. The van der Waals surface area contributed by atoms with Crippen molar-refractivity contribution in [2.24, 2.45) is 11.7 Å². The van der Waals surface area contributed by atoms with Crippen molar-refractivity contribution in [3.8, 4) is 0 Å². The van der Waals surface area contributed by atoms with Crippen LogP contribution in [-0.2, 0) is 6.54 Å². The zero-order valence-corrected chi connectivity index (χ0v) is 11.5. The van der Waals surface area contributed by atoms with Crippen molar-refractivity contribution in [1.29, 1.82) is 0 Å². The number of rotatable bonds is 3. The van der Waals surface area contributed by atoms with E-state index >= 15 is 0 Å². The van der Waals surface area contributed by atoms with Gasteiger partial charge in [0.25, 0.3) is 0 Å². The summed E-state index contributed by atoms with van der Waals surface area (Å²) >= 11 is 0. The van der Waals surface area contributed by atoms with Gasteiger partial charge in [0.05, 0.1) is 6.54 Å². The zero-order chi connectivity index (χ0) is 13.2. The maximum absolute atomic E-state index is 6.03. The van der Waals surface area contributed by atoms with Gasteiger partial charge in [-0.2, -0.15) is 0 Å². The summed E-state index contributed by atoms with van der Waals surface area (Å²) in [4.78, 5) is 2.47. The van der Waals surface area contributed by atoms with Gasteiger partial charge in [0, 0.05) is 18.0 Å². The molecule has 1 saturated heterocycles. The molecule has 3 heteroatoms. The second kappa shape index (κ2) is 5.35. The Labute approximate surface area is 114 Å². The molecule has 2 aromatic rings. The van der Waals surface area contributed by atoms with Gasteiger partial charge in [-0.25, -0.2) is 0 Å². The highest BCUT2D eigenvalue weighted by Gasteiger charge is 2.23. The van der Waals surface area contributed by atoms with Crippen LogP contribution in [0.15, 0.2) is 34.7 Å². The van der Waals surface area contributed by atoms with Crippen LogP contribution in [0.25, 0.3) is 11.0 Å². The van der Waals surface area contributed by atoms with Gasteiger partial charge in [-0.1, -0.05) is 18.2 Å². The molecule has 1 fully saturated rings. The quantitative estimate of drug-likeness (QED) is 0.920. The molecular formula is C16H22N2O. The molecule has 0 amide bonds. The summed E-state index contributed by atoms with van der Waals surface area (Å²) < 4.78 is 5.89. The van der Waals surface area contributed by atoms with E-state index in [-0.39, 0.29) is 0 Å². The van der Waals surface area contributed by atoms with Crippen molar-refractivity contribution < 1.29 is 4.42 Å². The first-order valence-electron chi connectivity index (χ1n) is 7.18. The number of furan rings is 1. The largest absolute Gasteiger partial charge is 0.460 e. The lowest BCUT2D eigenvalue weighted by Gasteiger charge is -2.34. The van der Waals surface area contributed by atoms with E-state index in [9.17, 15) is 0 Å². The third-order valence-electron chi connectivity index (χ3n) is 4.14. The summed E-state index contributed by atoms with van der Waals surface area (Å²) in [5.74, 6) is 1.68. The van der Waals surface area contributed by atoms with Gasteiger partial charge in [-0.15, -0.1) is 0 Å². The molecule has 102 valence electrons. The smallest absolute Gasteiger partial charge is 0.134 e. The van der Waals surface area contributed by atoms with E-state index in [1.54, 1.807) is 0 Å². The molecule has 2 N–H and O–H groups in total. The van der Waals surface area contributed by atoms with Gasteiger partial charge in [0.2, 0.25) is 0 Å². The topological polar surface area (TPSA) is 42.4 Å². The Bertz CT molecular complexity index is 513. The molecule has 0 radical (unpaired) electrons. The summed E-state index contributed by atoms with van der Waals surface area (Å²) in [6, 6.07) is 10.6. The van der Waals surface area contributed by atoms with Crippen molar-refractivity contribution in [3.05, 3.63) is 36.1 Å². The Hall–Kier alpha value is -1.32. The Kier molecular flexibility index (Phi) is 3.58. The molecule has 0 bridgehead atoms. The monoisotopic (exact) mass is 258 g/mol. The van der Waals surface area contributed by atoms with E-state index in [0.717, 1.165) is 31.0 Å². The summed E-state index contributed by atoms with van der Waals surface area (Å²) in [5.41, 5.74) is 7.02. The fourth-order valence-electron chi connectivity index (χ4n) is 3.00. The van der Waals surface area contributed by atoms with Crippen LogP contribution in [0, 0.1) is 5.92 Å². The summed E-state index contributed by atoms with van der Waals surface area (Å²) in [6.45, 7) is 5.27. The Morgan fingerprint density at radius 2 is 2.26 bits per heavy atom. The van der Waals surface area contributed by atoms with Crippen molar-refractivity contribution in [3.63, 3.8) is 0 Å². The number of piperidine rings is 1. The van der Waals surface area contributed by atoms with Gasteiger partial charge in [-0.05, 0) is 44.4 Å². The zero-order valence-electron chi connectivity index (χ0n) is 11.5. The van der Waals surface area contributed by atoms with Gasteiger partial charge in [-0.3, -0.25) is 4.90 Å². The Morgan fingerprint density at radius 1 is 1.42 bits per heavy atom. The van der Waals surface area contributed by atoms with Gasteiger partial charge < -0.3 is 10.2 Å². The fraction of sp³-hybridized carbons (Fsp3) is 0.500. The average Bonchev–Trinajstić information content (AvgIpc) is 2.81. The fourth-order valence-corrected chi connectivity index (χ4v) is 3.00. The lowest BCUT2D eigenvalue weighted by atomic mass is 9.92. The molecule has 0 spiro atoms. The number of hydrogen-bond acceptors (Lipinski definition) is 3. The summed E-state index contributed by atoms with van der Waals surface area (Å²) in [5, 5.41) is 1.19. The van der Waals surface area contributed by atoms with Crippen molar-refractivity contribution in [2.45, 2.75) is 32.4 Å². The van der Waals surface area contributed by atoms with Crippen LogP contribution in [0.1, 0.15) is 25.5 Å². The number of hydrogen-bond donors (Lipinski definition) is 1. The van der Waals surface area contributed by atoms with Crippen LogP contribution in [-0.4, -0.2) is 24.0 Å². The number of benzene rings is 1. The summed E-state index contributed by atoms with van der Waals surface area (Å²) in [6.07, 6.45) is 2.50. The number of nitrogens with zero attached hydrogens (tertiary/aromatic N) is 1. The second-order valence-electron chi connectivity index (χ2n) is 5.75. The first-order chi connectivity index (χ1) is 9.22. The molecule has 0 saturated carbocycles. The van der Waals surface area contributed by atoms with Crippen molar-refractivity contribution in [2.75, 3.05) is 13.1 Å². The van der Waals surface area contributed by atoms with Crippen LogP contribution in [0.3, 0.4) is 0 Å². The Balaban J connectivity index is 1.70. The van der Waals surface area contributed by atoms with E-state index in [0.29, 0.717) is 12.0 Å². The maximum atomic E-state index is 6.03.